The molecule has 35 heavy (non-hydrogen) atoms. The second kappa shape index (κ2) is 11.0. The van der Waals surface area contributed by atoms with Crippen LogP contribution in [0.2, 0.25) is 0 Å². The number of carbonyl (C=O) groups excluding carboxylic acids is 1. The monoisotopic (exact) mass is 473 g/mol. The molecule has 0 saturated carbocycles. The molecule has 1 aromatic heterocycles. The molecular weight excluding hydrogens is 442 g/mol. The molecule has 1 N–H and O–H groups in total. The summed E-state index contributed by atoms with van der Waals surface area (Å²) in [5, 5.41) is 2.93. The Morgan fingerprint density at radius 1 is 0.886 bits per heavy atom. The number of hydrogen-bond donors (Lipinski definition) is 1. The van der Waals surface area contributed by atoms with Gasteiger partial charge in [-0.05, 0) is 82.3 Å². The molecule has 7 nitrogen and oxygen atoms in total. The van der Waals surface area contributed by atoms with E-state index in [1.54, 1.807) is 30.3 Å². The summed E-state index contributed by atoms with van der Waals surface area (Å²) in [7, 11) is 0. The van der Waals surface area contributed by atoms with Crippen molar-refractivity contribution in [1.29, 1.82) is 0 Å². The zero-order valence-electron chi connectivity index (χ0n) is 20.6. The summed E-state index contributed by atoms with van der Waals surface area (Å²) in [6.07, 6.45) is 0. The molecule has 0 fully saturated rings. The first-order valence-corrected chi connectivity index (χ1v) is 12.0. The third-order valence-electron chi connectivity index (χ3n) is 5.65. The third kappa shape index (κ3) is 5.57. The van der Waals surface area contributed by atoms with E-state index < -0.39 is 0 Å². The van der Waals surface area contributed by atoms with Gasteiger partial charge in [0.1, 0.15) is 17.0 Å². The summed E-state index contributed by atoms with van der Waals surface area (Å²) >= 11 is 0. The van der Waals surface area contributed by atoms with E-state index in [2.05, 4.69) is 41.2 Å². The van der Waals surface area contributed by atoms with Crippen molar-refractivity contribution in [3.05, 3.63) is 66.2 Å². The Bertz CT molecular complexity index is 1270. The summed E-state index contributed by atoms with van der Waals surface area (Å²) in [5.74, 6) is 1.46. The largest absolute Gasteiger partial charge is 0.494 e. The molecule has 1 heterocycles. The van der Waals surface area contributed by atoms with Gasteiger partial charge >= 0.3 is 0 Å². The van der Waals surface area contributed by atoms with Crippen LogP contribution in [0, 0.1) is 0 Å². The quantitative estimate of drug-likeness (QED) is 0.288. The fourth-order valence-corrected chi connectivity index (χ4v) is 3.94. The SMILES string of the molecule is CCOc1cc(OCC)cc(C(=O)Nc2ccc3oc(-c4ccc(N(CC)CC)cc4)nc3c2)c1. The van der Waals surface area contributed by atoms with Gasteiger partial charge < -0.3 is 24.1 Å². The number of oxazole rings is 1. The molecule has 182 valence electrons. The molecule has 0 aliphatic heterocycles. The number of ether oxygens (including phenoxy) is 2. The molecule has 0 saturated heterocycles. The van der Waals surface area contributed by atoms with Crippen LogP contribution in [0.5, 0.6) is 11.5 Å². The van der Waals surface area contributed by atoms with Crippen molar-refractivity contribution < 1.29 is 18.7 Å². The third-order valence-corrected chi connectivity index (χ3v) is 5.65. The van der Waals surface area contributed by atoms with Crippen LogP contribution in [-0.4, -0.2) is 37.2 Å². The first kappa shape index (κ1) is 24.1. The Morgan fingerprint density at radius 3 is 2.14 bits per heavy atom. The zero-order chi connectivity index (χ0) is 24.8. The lowest BCUT2D eigenvalue weighted by Crippen LogP contribution is -2.21. The molecular formula is C28H31N3O4. The highest BCUT2D eigenvalue weighted by molar-refractivity contribution is 6.05. The first-order chi connectivity index (χ1) is 17.0. The van der Waals surface area contributed by atoms with Gasteiger partial charge in [0.2, 0.25) is 5.89 Å². The van der Waals surface area contributed by atoms with Crippen LogP contribution in [0.4, 0.5) is 11.4 Å². The van der Waals surface area contributed by atoms with Gasteiger partial charge in [0.05, 0.1) is 13.2 Å². The van der Waals surface area contributed by atoms with Crippen LogP contribution in [0.3, 0.4) is 0 Å². The van der Waals surface area contributed by atoms with Gasteiger partial charge in [-0.2, -0.15) is 0 Å². The van der Waals surface area contributed by atoms with Crippen LogP contribution >= 0.6 is 0 Å². The molecule has 3 aromatic carbocycles. The van der Waals surface area contributed by atoms with Gasteiger partial charge in [0, 0.05) is 41.7 Å². The Balaban J connectivity index is 1.54. The van der Waals surface area contributed by atoms with E-state index in [0.717, 1.165) is 18.7 Å². The van der Waals surface area contributed by atoms with Gasteiger partial charge in [-0.3, -0.25) is 4.79 Å². The van der Waals surface area contributed by atoms with Crippen molar-refractivity contribution >= 4 is 28.4 Å². The van der Waals surface area contributed by atoms with Crippen molar-refractivity contribution in [1.82, 2.24) is 4.98 Å². The minimum Gasteiger partial charge on any atom is -0.494 e. The number of carbonyl (C=O) groups is 1. The number of rotatable bonds is 10. The zero-order valence-corrected chi connectivity index (χ0v) is 20.6. The summed E-state index contributed by atoms with van der Waals surface area (Å²) in [6, 6.07) is 18.8. The number of aromatic nitrogens is 1. The predicted octanol–water partition coefficient (Wildman–Crippen LogP) is 6.39. The van der Waals surface area contributed by atoms with Gasteiger partial charge in [0.15, 0.2) is 5.58 Å². The summed E-state index contributed by atoms with van der Waals surface area (Å²) in [6.45, 7) is 11.0. The summed E-state index contributed by atoms with van der Waals surface area (Å²) in [4.78, 5) is 19.9. The molecule has 4 rings (SSSR count). The average Bonchev–Trinajstić information content (AvgIpc) is 3.29. The first-order valence-electron chi connectivity index (χ1n) is 12.0. The molecule has 1 amide bonds. The Hall–Kier alpha value is -4.00. The normalized spacial score (nSPS) is 10.9. The molecule has 7 heteroatoms. The lowest BCUT2D eigenvalue weighted by Gasteiger charge is -2.20. The summed E-state index contributed by atoms with van der Waals surface area (Å²) < 4.78 is 17.1. The van der Waals surface area contributed by atoms with E-state index in [-0.39, 0.29) is 5.91 Å². The molecule has 0 unspecified atom stereocenters. The van der Waals surface area contributed by atoms with Crippen LogP contribution in [0.1, 0.15) is 38.1 Å². The number of fused-ring (bicyclic) bond motifs is 1. The second-order valence-electron chi connectivity index (χ2n) is 7.93. The smallest absolute Gasteiger partial charge is 0.255 e. The van der Waals surface area contributed by atoms with Crippen molar-refractivity contribution in [2.24, 2.45) is 0 Å². The van der Waals surface area contributed by atoms with Gasteiger partial charge in [-0.15, -0.1) is 0 Å². The average molecular weight is 474 g/mol. The highest BCUT2D eigenvalue weighted by Gasteiger charge is 2.14. The van der Waals surface area contributed by atoms with E-state index in [0.29, 0.717) is 53.0 Å². The Labute approximate surface area is 205 Å². The second-order valence-corrected chi connectivity index (χ2v) is 7.93. The summed E-state index contributed by atoms with van der Waals surface area (Å²) in [5.41, 5.74) is 4.47. The molecule has 0 bridgehead atoms. The van der Waals surface area contributed by atoms with Crippen molar-refractivity contribution in [2.75, 3.05) is 36.5 Å². The number of benzene rings is 3. The molecule has 0 aliphatic carbocycles. The Morgan fingerprint density at radius 2 is 1.54 bits per heavy atom. The van der Waals surface area contributed by atoms with Crippen LogP contribution in [0.15, 0.2) is 65.1 Å². The van der Waals surface area contributed by atoms with E-state index in [1.807, 2.05) is 32.0 Å². The van der Waals surface area contributed by atoms with E-state index in [9.17, 15) is 4.79 Å². The van der Waals surface area contributed by atoms with E-state index >= 15 is 0 Å². The lowest BCUT2D eigenvalue weighted by atomic mass is 10.1. The van der Waals surface area contributed by atoms with Gasteiger partial charge in [-0.25, -0.2) is 4.98 Å². The highest BCUT2D eigenvalue weighted by atomic mass is 16.5. The highest BCUT2D eigenvalue weighted by Crippen LogP contribution is 2.29. The van der Waals surface area contributed by atoms with E-state index in [1.165, 1.54) is 5.69 Å². The molecule has 4 aromatic rings. The van der Waals surface area contributed by atoms with Crippen molar-refractivity contribution in [3.8, 4) is 23.0 Å². The number of nitrogens with one attached hydrogen (secondary N) is 1. The predicted molar refractivity (Wildman–Crippen MR) is 140 cm³/mol. The number of hydrogen-bond acceptors (Lipinski definition) is 6. The van der Waals surface area contributed by atoms with Crippen LogP contribution < -0.4 is 19.7 Å². The fraction of sp³-hybridized carbons (Fsp3) is 0.286. The molecule has 0 radical (unpaired) electrons. The maximum Gasteiger partial charge on any atom is 0.255 e. The maximum atomic E-state index is 13.0. The van der Waals surface area contributed by atoms with Crippen LogP contribution in [0.25, 0.3) is 22.6 Å². The minimum atomic E-state index is -0.262. The molecule has 0 aliphatic rings. The topological polar surface area (TPSA) is 76.8 Å². The van der Waals surface area contributed by atoms with Crippen LogP contribution in [-0.2, 0) is 0 Å². The van der Waals surface area contributed by atoms with Crippen molar-refractivity contribution in [3.63, 3.8) is 0 Å². The van der Waals surface area contributed by atoms with E-state index in [4.69, 9.17) is 13.9 Å². The van der Waals surface area contributed by atoms with Gasteiger partial charge in [-0.1, -0.05) is 0 Å². The van der Waals surface area contributed by atoms with Gasteiger partial charge in [0.25, 0.3) is 5.91 Å². The number of amides is 1. The Kier molecular flexibility index (Phi) is 7.55. The fourth-order valence-electron chi connectivity index (χ4n) is 3.94. The standard InChI is InChI=1S/C28H31N3O4/c1-5-31(6-2)22-12-9-19(10-13-22)28-30-25-17-21(11-14-26(25)35-28)29-27(32)20-15-23(33-7-3)18-24(16-20)34-8-4/h9-18H,5-8H2,1-4H3,(H,29,32). The lowest BCUT2D eigenvalue weighted by molar-refractivity contribution is 0.102. The number of anilines is 2. The maximum absolute atomic E-state index is 13.0. The molecule has 0 atom stereocenters. The van der Waals surface area contributed by atoms with Crippen molar-refractivity contribution in [2.45, 2.75) is 27.7 Å². The number of nitrogens with zero attached hydrogens (tertiary/aromatic N) is 2. The minimum absolute atomic E-state index is 0.262. The molecule has 0 spiro atoms.